The molecule has 0 unspecified atom stereocenters. The van der Waals surface area contributed by atoms with E-state index in [0.29, 0.717) is 19.2 Å². The molecule has 3 aromatic rings. The van der Waals surface area contributed by atoms with Crippen molar-refractivity contribution in [3.63, 3.8) is 0 Å². The Balaban J connectivity index is 1.88. The molecule has 0 aliphatic rings. The number of carbonyl (C=O) groups excluding carboxylic acids is 1. The number of amides is 1. The summed E-state index contributed by atoms with van der Waals surface area (Å²) < 4.78 is 107. The number of alkyl halides is 8. The first-order valence-corrected chi connectivity index (χ1v) is 10.4. The lowest BCUT2D eigenvalue weighted by molar-refractivity contribution is -0.292. The molecule has 0 saturated carbocycles. The summed E-state index contributed by atoms with van der Waals surface area (Å²) in [5.74, 6) is -7.54. The Kier molecular flexibility index (Phi) is 7.65. The molecule has 0 aliphatic carbocycles. The van der Waals surface area contributed by atoms with Crippen molar-refractivity contribution >= 4 is 23.2 Å². The van der Waals surface area contributed by atoms with Crippen LogP contribution in [0.3, 0.4) is 0 Å². The average molecular weight is 541 g/mol. The predicted octanol–water partition coefficient (Wildman–Crippen LogP) is 6.29. The lowest BCUT2D eigenvalue weighted by Gasteiger charge is -2.19. The van der Waals surface area contributed by atoms with E-state index in [1.165, 1.54) is 18.2 Å². The molecule has 0 atom stereocenters. The van der Waals surface area contributed by atoms with Crippen molar-refractivity contribution in [2.75, 3.05) is 5.32 Å². The molecule has 14 heteroatoms. The first-order chi connectivity index (χ1) is 16.6. The van der Waals surface area contributed by atoms with Gasteiger partial charge in [-0.3, -0.25) is 9.48 Å². The number of benzene rings is 2. The number of nitrogens with zero attached hydrogens (tertiary/aromatic N) is 2. The first kappa shape index (κ1) is 27.4. The number of anilines is 1. The molecular formula is C22H17ClF8N4O. The molecule has 0 spiro atoms. The van der Waals surface area contributed by atoms with Gasteiger partial charge in [0, 0.05) is 30.8 Å². The molecule has 1 heterocycles. The Labute approximate surface area is 204 Å². The Hall–Kier alpha value is -3.19. The molecule has 0 aliphatic heterocycles. The van der Waals surface area contributed by atoms with Crippen LogP contribution in [0.15, 0.2) is 48.5 Å². The van der Waals surface area contributed by atoms with Crippen molar-refractivity contribution in [1.82, 2.24) is 15.1 Å². The fourth-order valence-electron chi connectivity index (χ4n) is 3.32. The summed E-state index contributed by atoms with van der Waals surface area (Å²) in [6.45, 7) is 0.646. The maximum atomic E-state index is 13.8. The molecule has 0 fully saturated rings. The smallest absolute Gasteiger partial charge is 0.321 e. The summed E-state index contributed by atoms with van der Waals surface area (Å²) in [6, 6.07) is 13.2. The van der Waals surface area contributed by atoms with E-state index in [9.17, 15) is 39.9 Å². The Bertz CT molecular complexity index is 1240. The van der Waals surface area contributed by atoms with Crippen LogP contribution in [0.4, 0.5) is 40.8 Å². The third kappa shape index (κ3) is 5.78. The van der Waals surface area contributed by atoms with E-state index in [1.807, 2.05) is 30.3 Å². The lowest BCUT2D eigenvalue weighted by atomic mass is 10.1. The molecule has 0 saturated heterocycles. The fourth-order valence-corrected chi connectivity index (χ4v) is 3.51. The van der Waals surface area contributed by atoms with Crippen molar-refractivity contribution in [2.45, 2.75) is 31.4 Å². The van der Waals surface area contributed by atoms with Gasteiger partial charge in [0.25, 0.3) is 5.91 Å². The zero-order valence-electron chi connectivity index (χ0n) is 18.2. The van der Waals surface area contributed by atoms with E-state index in [1.54, 1.807) is 0 Å². The van der Waals surface area contributed by atoms with Crippen LogP contribution < -0.4 is 10.6 Å². The van der Waals surface area contributed by atoms with Crippen LogP contribution in [0.1, 0.15) is 32.9 Å². The number of carbonyl (C=O) groups is 1. The van der Waals surface area contributed by atoms with Crippen molar-refractivity contribution < 1.29 is 39.9 Å². The van der Waals surface area contributed by atoms with Crippen LogP contribution in [0.5, 0.6) is 0 Å². The summed E-state index contributed by atoms with van der Waals surface area (Å²) in [7, 11) is 0.654. The number of hydrogen-bond acceptors (Lipinski definition) is 3. The quantitative estimate of drug-likeness (QED) is 0.346. The van der Waals surface area contributed by atoms with Gasteiger partial charge in [0.15, 0.2) is 5.69 Å². The van der Waals surface area contributed by atoms with Crippen LogP contribution in [0.2, 0.25) is 5.02 Å². The number of hydrogen-bond donors (Lipinski definition) is 2. The number of nitrogens with one attached hydrogen (secondary N) is 2. The zero-order chi connectivity index (χ0) is 26.9. The van der Waals surface area contributed by atoms with Gasteiger partial charge in [0.05, 0.1) is 0 Å². The lowest BCUT2D eigenvalue weighted by Crippen LogP contribution is -2.36. The van der Waals surface area contributed by atoms with Crippen molar-refractivity contribution in [3.05, 3.63) is 81.6 Å². The number of aryl methyl sites for hydroxylation is 1. The molecule has 3 rings (SSSR count). The van der Waals surface area contributed by atoms with Crippen molar-refractivity contribution in [1.29, 1.82) is 0 Å². The highest BCUT2D eigenvalue weighted by Crippen LogP contribution is 2.48. The normalized spacial score (nSPS) is 12.6. The molecule has 2 aromatic carbocycles. The first-order valence-electron chi connectivity index (χ1n) is 10.1. The van der Waals surface area contributed by atoms with Crippen molar-refractivity contribution in [2.24, 2.45) is 7.05 Å². The van der Waals surface area contributed by atoms with Gasteiger partial charge in [-0.1, -0.05) is 41.9 Å². The van der Waals surface area contributed by atoms with Crippen LogP contribution in [-0.4, -0.2) is 21.9 Å². The second-order valence-electron chi connectivity index (χ2n) is 7.62. The van der Waals surface area contributed by atoms with E-state index in [2.05, 4.69) is 15.7 Å². The molecule has 2 N–H and O–H groups in total. The second kappa shape index (κ2) is 10.1. The maximum Gasteiger partial charge on any atom is 0.459 e. The Morgan fingerprint density at radius 1 is 0.972 bits per heavy atom. The average Bonchev–Trinajstić information content (AvgIpc) is 3.14. The van der Waals surface area contributed by atoms with E-state index in [0.717, 1.165) is 5.56 Å². The monoisotopic (exact) mass is 540 g/mol. The van der Waals surface area contributed by atoms with E-state index in [-0.39, 0.29) is 21.9 Å². The van der Waals surface area contributed by atoms with Gasteiger partial charge in [0.2, 0.25) is 0 Å². The maximum absolute atomic E-state index is 13.8. The van der Waals surface area contributed by atoms with Crippen LogP contribution >= 0.6 is 11.6 Å². The van der Waals surface area contributed by atoms with E-state index < -0.39 is 41.1 Å². The van der Waals surface area contributed by atoms with E-state index in [4.69, 9.17) is 11.6 Å². The number of rotatable bonds is 7. The third-order valence-electron chi connectivity index (χ3n) is 4.99. The standard InChI is InChI=1S/C22H17ClF8N4O/c1-35-17(16(21(26,27)28)18(34-35)20(24,25)22(29,30)31)19(36)33-14-7-8-15(23)13(9-14)11-32-10-12-5-3-2-4-6-12/h2-9,32H,10-11H2,1H3,(H,33,36). The molecular weight excluding hydrogens is 524 g/mol. The van der Waals surface area contributed by atoms with Gasteiger partial charge in [-0.2, -0.15) is 40.2 Å². The minimum Gasteiger partial charge on any atom is -0.321 e. The SMILES string of the molecule is Cn1nc(C(F)(F)C(F)(F)F)c(C(F)(F)F)c1C(=O)Nc1ccc(Cl)c(CNCc2ccccc2)c1. The van der Waals surface area contributed by atoms with Gasteiger partial charge < -0.3 is 10.6 Å². The Morgan fingerprint density at radius 3 is 2.19 bits per heavy atom. The number of aromatic nitrogens is 2. The highest BCUT2D eigenvalue weighted by atomic mass is 35.5. The van der Waals surface area contributed by atoms with Crippen LogP contribution in [0, 0.1) is 0 Å². The van der Waals surface area contributed by atoms with Crippen molar-refractivity contribution in [3.8, 4) is 0 Å². The van der Waals surface area contributed by atoms with E-state index >= 15 is 0 Å². The summed E-state index contributed by atoms with van der Waals surface area (Å²) in [4.78, 5) is 12.6. The third-order valence-corrected chi connectivity index (χ3v) is 5.36. The summed E-state index contributed by atoms with van der Waals surface area (Å²) in [5, 5.41) is 8.15. The molecule has 0 bridgehead atoms. The van der Waals surface area contributed by atoms with Gasteiger partial charge in [-0.15, -0.1) is 0 Å². The van der Waals surface area contributed by atoms with Crippen LogP contribution in [0.25, 0.3) is 0 Å². The summed E-state index contributed by atoms with van der Waals surface area (Å²) >= 11 is 6.13. The second-order valence-corrected chi connectivity index (χ2v) is 8.02. The van der Waals surface area contributed by atoms with Gasteiger partial charge in [0.1, 0.15) is 11.3 Å². The van der Waals surface area contributed by atoms with Gasteiger partial charge >= 0.3 is 18.3 Å². The molecule has 194 valence electrons. The van der Waals surface area contributed by atoms with Crippen LogP contribution in [-0.2, 0) is 32.2 Å². The molecule has 36 heavy (non-hydrogen) atoms. The minimum atomic E-state index is -6.37. The predicted molar refractivity (Wildman–Crippen MR) is 115 cm³/mol. The fraction of sp³-hybridized carbons (Fsp3) is 0.273. The molecule has 5 nitrogen and oxygen atoms in total. The molecule has 1 aromatic heterocycles. The summed E-state index contributed by atoms with van der Waals surface area (Å²) in [6.07, 6.45) is -12.1. The highest BCUT2D eigenvalue weighted by molar-refractivity contribution is 6.31. The Morgan fingerprint density at radius 2 is 1.61 bits per heavy atom. The molecule has 1 amide bonds. The largest absolute Gasteiger partial charge is 0.459 e. The summed E-state index contributed by atoms with van der Waals surface area (Å²) in [5.41, 5.74) is -5.28. The zero-order valence-corrected chi connectivity index (χ0v) is 19.0. The topological polar surface area (TPSA) is 59.0 Å². The van der Waals surface area contributed by atoms with Gasteiger partial charge in [-0.05, 0) is 29.3 Å². The van der Waals surface area contributed by atoms with Gasteiger partial charge in [-0.25, -0.2) is 0 Å². The number of halogens is 9. The minimum absolute atomic E-state index is 0.0331. The molecule has 0 radical (unpaired) electrons. The highest BCUT2D eigenvalue weighted by Gasteiger charge is 2.64.